The van der Waals surface area contributed by atoms with E-state index in [1.807, 2.05) is 0 Å². The first-order valence-corrected chi connectivity index (χ1v) is 6.35. The normalized spacial score (nSPS) is 10.4. The molecule has 0 aliphatic rings. The van der Waals surface area contributed by atoms with Crippen LogP contribution in [0.15, 0.2) is 57.7 Å². The van der Waals surface area contributed by atoms with Crippen molar-refractivity contribution in [2.24, 2.45) is 5.73 Å². The minimum Gasteiger partial charge on any atom is -0.461 e. The van der Waals surface area contributed by atoms with E-state index in [0.717, 1.165) is 0 Å². The van der Waals surface area contributed by atoms with Crippen LogP contribution < -0.4 is 11.1 Å². The number of primary amides is 1. The molecule has 3 rings (SSSR count). The maximum absolute atomic E-state index is 12.1. The molecule has 0 aliphatic carbocycles. The summed E-state index contributed by atoms with van der Waals surface area (Å²) in [6.07, 6.45) is 1.49. The van der Waals surface area contributed by atoms with Gasteiger partial charge in [-0.3, -0.25) is 9.59 Å². The van der Waals surface area contributed by atoms with Gasteiger partial charge in [-0.25, -0.2) is 0 Å². The topological polar surface area (TPSA) is 111 Å². The van der Waals surface area contributed by atoms with E-state index in [1.54, 1.807) is 30.3 Å². The fourth-order valence-electron chi connectivity index (χ4n) is 1.86. The summed E-state index contributed by atoms with van der Waals surface area (Å²) in [5.41, 5.74) is 6.02. The van der Waals surface area contributed by atoms with Crippen molar-refractivity contribution in [2.75, 3.05) is 5.32 Å². The van der Waals surface area contributed by atoms with Crippen LogP contribution in [0.4, 0.5) is 5.69 Å². The third kappa shape index (κ3) is 2.73. The van der Waals surface area contributed by atoms with Crippen molar-refractivity contribution >= 4 is 17.5 Å². The van der Waals surface area contributed by atoms with Gasteiger partial charge in [0.05, 0.1) is 6.26 Å². The Balaban J connectivity index is 1.77. The molecule has 7 nitrogen and oxygen atoms in total. The Morgan fingerprint density at radius 2 is 1.95 bits per heavy atom. The second-order valence-electron chi connectivity index (χ2n) is 4.45. The summed E-state index contributed by atoms with van der Waals surface area (Å²) in [4.78, 5) is 23.2. The molecule has 2 heterocycles. The molecule has 0 fully saturated rings. The molecule has 2 aromatic heterocycles. The highest BCUT2D eigenvalue weighted by molar-refractivity contribution is 6.04. The first kappa shape index (κ1) is 13.6. The first-order valence-electron chi connectivity index (χ1n) is 6.35. The minimum absolute atomic E-state index is 0.0934. The molecule has 22 heavy (non-hydrogen) atoms. The zero-order valence-electron chi connectivity index (χ0n) is 11.3. The summed E-state index contributed by atoms with van der Waals surface area (Å²) in [7, 11) is 0. The summed E-state index contributed by atoms with van der Waals surface area (Å²) in [5.74, 6) is -0.218. The lowest BCUT2D eigenvalue weighted by Crippen LogP contribution is -2.14. The molecular formula is C15H11N3O4. The number of anilines is 1. The van der Waals surface area contributed by atoms with E-state index in [1.165, 1.54) is 18.4 Å². The fraction of sp³-hybridized carbons (Fsp3) is 0. The van der Waals surface area contributed by atoms with Crippen molar-refractivity contribution in [2.45, 2.75) is 0 Å². The van der Waals surface area contributed by atoms with Gasteiger partial charge in [0.25, 0.3) is 5.91 Å². The third-order valence-electron chi connectivity index (χ3n) is 2.91. The molecule has 0 saturated carbocycles. The smallest absolute Gasteiger partial charge is 0.277 e. The Bertz CT molecular complexity index is 821. The molecule has 7 heteroatoms. The van der Waals surface area contributed by atoms with Gasteiger partial charge in [0.1, 0.15) is 0 Å². The molecule has 0 aliphatic heterocycles. The second-order valence-corrected chi connectivity index (χ2v) is 4.45. The van der Waals surface area contributed by atoms with Gasteiger partial charge < -0.3 is 20.0 Å². The number of benzene rings is 1. The van der Waals surface area contributed by atoms with Gasteiger partial charge in [0, 0.05) is 17.3 Å². The Labute approximate surface area is 124 Å². The molecule has 1 aromatic carbocycles. The van der Waals surface area contributed by atoms with E-state index >= 15 is 0 Å². The van der Waals surface area contributed by atoms with Gasteiger partial charge in [-0.2, -0.15) is 0 Å². The summed E-state index contributed by atoms with van der Waals surface area (Å²) >= 11 is 0. The van der Waals surface area contributed by atoms with Gasteiger partial charge >= 0.3 is 0 Å². The van der Waals surface area contributed by atoms with E-state index in [-0.39, 0.29) is 5.69 Å². The number of hydrogen-bond donors (Lipinski definition) is 2. The maximum Gasteiger partial charge on any atom is 0.277 e. The zero-order chi connectivity index (χ0) is 15.5. The van der Waals surface area contributed by atoms with E-state index in [0.29, 0.717) is 22.8 Å². The van der Waals surface area contributed by atoms with Crippen LogP contribution >= 0.6 is 0 Å². The number of nitrogens with two attached hydrogens (primary N) is 1. The number of rotatable bonds is 4. The summed E-state index contributed by atoms with van der Waals surface area (Å²) in [6, 6.07) is 11.2. The van der Waals surface area contributed by atoms with Gasteiger partial charge in [0.2, 0.25) is 11.7 Å². The van der Waals surface area contributed by atoms with Gasteiger partial charge in [0.15, 0.2) is 11.5 Å². The second kappa shape index (κ2) is 5.57. The van der Waals surface area contributed by atoms with Crippen molar-refractivity contribution in [3.8, 4) is 11.5 Å². The molecule has 110 valence electrons. The fourth-order valence-corrected chi connectivity index (χ4v) is 1.86. The maximum atomic E-state index is 12.1. The van der Waals surface area contributed by atoms with Crippen LogP contribution in [0, 0.1) is 0 Å². The number of carbonyl (C=O) groups is 2. The number of nitrogens with one attached hydrogen (secondary N) is 1. The number of hydrogen-bond acceptors (Lipinski definition) is 5. The monoisotopic (exact) mass is 297 g/mol. The Kier molecular flexibility index (Phi) is 3.45. The largest absolute Gasteiger partial charge is 0.461 e. The van der Waals surface area contributed by atoms with E-state index in [2.05, 4.69) is 10.5 Å². The molecule has 0 saturated heterocycles. The molecule has 0 unspecified atom stereocenters. The van der Waals surface area contributed by atoms with Crippen molar-refractivity contribution in [3.63, 3.8) is 0 Å². The van der Waals surface area contributed by atoms with E-state index < -0.39 is 11.8 Å². The lowest BCUT2D eigenvalue weighted by Gasteiger charge is -2.03. The van der Waals surface area contributed by atoms with Crippen LogP contribution in [0.5, 0.6) is 0 Å². The van der Waals surface area contributed by atoms with Crippen molar-refractivity contribution < 1.29 is 18.5 Å². The van der Waals surface area contributed by atoms with Crippen molar-refractivity contribution in [3.05, 3.63) is 60.0 Å². The van der Waals surface area contributed by atoms with E-state index in [4.69, 9.17) is 14.7 Å². The lowest BCUT2D eigenvalue weighted by atomic mass is 10.2. The number of amides is 2. The zero-order valence-corrected chi connectivity index (χ0v) is 11.3. The van der Waals surface area contributed by atoms with Crippen LogP contribution in [-0.2, 0) is 0 Å². The summed E-state index contributed by atoms with van der Waals surface area (Å²) in [6.45, 7) is 0. The standard InChI is InChI=1S/C15H11N3O4/c16-14(19)9-3-1-4-10(7-9)17-15(20)11-8-13(22-18-11)12-5-2-6-21-12/h1-8H,(H2,16,19)(H,17,20). The lowest BCUT2D eigenvalue weighted by molar-refractivity contribution is 0.0994. The Hall–Kier alpha value is -3.35. The highest BCUT2D eigenvalue weighted by atomic mass is 16.5. The average Bonchev–Trinajstić information content (AvgIpc) is 3.18. The van der Waals surface area contributed by atoms with Gasteiger partial charge in [-0.1, -0.05) is 11.2 Å². The summed E-state index contributed by atoms with van der Waals surface area (Å²) < 4.78 is 10.2. The molecule has 3 N–H and O–H groups in total. The predicted molar refractivity (Wildman–Crippen MR) is 77.1 cm³/mol. The molecule has 0 radical (unpaired) electrons. The minimum atomic E-state index is -0.572. The molecule has 2 amide bonds. The molecule has 0 atom stereocenters. The van der Waals surface area contributed by atoms with Crippen LogP contribution in [0.25, 0.3) is 11.5 Å². The number of furan rings is 1. The number of carbonyl (C=O) groups excluding carboxylic acids is 2. The van der Waals surface area contributed by atoms with E-state index in [9.17, 15) is 9.59 Å². The quantitative estimate of drug-likeness (QED) is 0.767. The average molecular weight is 297 g/mol. The molecule has 0 bridgehead atoms. The Morgan fingerprint density at radius 3 is 2.68 bits per heavy atom. The van der Waals surface area contributed by atoms with Crippen molar-refractivity contribution in [1.82, 2.24) is 5.16 Å². The third-order valence-corrected chi connectivity index (χ3v) is 2.91. The molecular weight excluding hydrogens is 286 g/mol. The number of aromatic nitrogens is 1. The highest BCUT2D eigenvalue weighted by Gasteiger charge is 2.15. The van der Waals surface area contributed by atoms with Crippen LogP contribution in [-0.4, -0.2) is 17.0 Å². The van der Waals surface area contributed by atoms with Gasteiger partial charge in [-0.05, 0) is 30.3 Å². The first-order chi connectivity index (χ1) is 10.6. The van der Waals surface area contributed by atoms with Gasteiger partial charge in [-0.15, -0.1) is 0 Å². The van der Waals surface area contributed by atoms with Crippen LogP contribution in [0.1, 0.15) is 20.8 Å². The van der Waals surface area contributed by atoms with Crippen molar-refractivity contribution in [1.29, 1.82) is 0 Å². The molecule has 0 spiro atoms. The molecule has 3 aromatic rings. The van der Waals surface area contributed by atoms with Crippen LogP contribution in [0.2, 0.25) is 0 Å². The summed E-state index contributed by atoms with van der Waals surface area (Å²) in [5, 5.41) is 6.30. The number of nitrogens with zero attached hydrogens (tertiary/aromatic N) is 1. The predicted octanol–water partition coefficient (Wildman–Crippen LogP) is 2.29. The van der Waals surface area contributed by atoms with Crippen LogP contribution in [0.3, 0.4) is 0 Å². The Morgan fingerprint density at radius 1 is 1.09 bits per heavy atom. The SMILES string of the molecule is NC(=O)c1cccc(NC(=O)c2cc(-c3ccco3)on2)c1. The highest BCUT2D eigenvalue weighted by Crippen LogP contribution is 2.21.